The largest absolute Gasteiger partial charge is 0.493 e. The number of amides is 1. The van der Waals surface area contributed by atoms with Crippen molar-refractivity contribution in [2.75, 3.05) is 7.11 Å². The number of benzene rings is 1. The van der Waals surface area contributed by atoms with E-state index in [-0.39, 0.29) is 0 Å². The minimum absolute atomic E-state index is 0.431. The number of carbonyl (C=O) groups excluding carboxylic acids is 1. The molecule has 1 aliphatic rings. The van der Waals surface area contributed by atoms with Gasteiger partial charge in [-0.15, -0.1) is 0 Å². The SMILES string of the molecule is COc1cc(C)cc2c1OC(=O)NC2. The monoisotopic (exact) mass is 193 g/mol. The van der Waals surface area contributed by atoms with Crippen molar-refractivity contribution in [2.45, 2.75) is 13.5 Å². The number of aryl methyl sites for hydroxylation is 1. The van der Waals surface area contributed by atoms with E-state index >= 15 is 0 Å². The Kier molecular flexibility index (Phi) is 2.04. The number of nitrogens with one attached hydrogen (secondary N) is 1. The van der Waals surface area contributed by atoms with Crippen molar-refractivity contribution in [3.8, 4) is 11.5 Å². The van der Waals surface area contributed by atoms with Crippen molar-refractivity contribution in [1.29, 1.82) is 0 Å². The molecule has 1 heterocycles. The molecule has 0 saturated heterocycles. The van der Waals surface area contributed by atoms with Crippen LogP contribution < -0.4 is 14.8 Å². The highest BCUT2D eigenvalue weighted by molar-refractivity contribution is 5.74. The molecule has 1 amide bonds. The summed E-state index contributed by atoms with van der Waals surface area (Å²) in [6.07, 6.45) is -0.431. The molecule has 0 radical (unpaired) electrons. The molecule has 0 fully saturated rings. The molecule has 1 aliphatic heterocycles. The molecule has 1 N–H and O–H groups in total. The summed E-state index contributed by atoms with van der Waals surface area (Å²) in [5.41, 5.74) is 2.03. The number of carbonyl (C=O) groups is 1. The first-order chi connectivity index (χ1) is 6.70. The molecule has 0 bridgehead atoms. The number of fused-ring (bicyclic) bond motifs is 1. The van der Waals surface area contributed by atoms with Gasteiger partial charge in [-0.2, -0.15) is 0 Å². The van der Waals surface area contributed by atoms with Crippen LogP contribution in [0.2, 0.25) is 0 Å². The van der Waals surface area contributed by atoms with Gasteiger partial charge in [0.05, 0.1) is 7.11 Å². The first kappa shape index (κ1) is 8.87. The van der Waals surface area contributed by atoms with Crippen LogP contribution in [0.3, 0.4) is 0 Å². The van der Waals surface area contributed by atoms with Crippen molar-refractivity contribution in [3.63, 3.8) is 0 Å². The number of ether oxygens (including phenoxy) is 2. The smallest absolute Gasteiger partial charge is 0.413 e. The predicted octanol–water partition coefficient (Wildman–Crippen LogP) is 1.61. The molecular formula is C10H11NO3. The van der Waals surface area contributed by atoms with Gasteiger partial charge in [-0.3, -0.25) is 0 Å². The molecule has 14 heavy (non-hydrogen) atoms. The lowest BCUT2D eigenvalue weighted by molar-refractivity contribution is 0.192. The second kappa shape index (κ2) is 3.21. The third-order valence-corrected chi connectivity index (χ3v) is 2.11. The van der Waals surface area contributed by atoms with Gasteiger partial charge in [-0.1, -0.05) is 6.07 Å². The van der Waals surface area contributed by atoms with Crippen molar-refractivity contribution in [1.82, 2.24) is 5.32 Å². The molecule has 1 aromatic rings. The Morgan fingerprint density at radius 1 is 1.50 bits per heavy atom. The summed E-state index contributed by atoms with van der Waals surface area (Å²) in [5, 5.41) is 2.60. The lowest BCUT2D eigenvalue weighted by Gasteiger charge is -2.19. The Balaban J connectivity index is 2.52. The molecule has 0 aromatic heterocycles. The maximum atomic E-state index is 11.0. The Bertz CT molecular complexity index is 370. The van der Waals surface area contributed by atoms with Gasteiger partial charge in [0, 0.05) is 12.1 Å². The van der Waals surface area contributed by atoms with E-state index in [1.165, 1.54) is 0 Å². The summed E-state index contributed by atoms with van der Waals surface area (Å²) in [7, 11) is 1.56. The van der Waals surface area contributed by atoms with E-state index in [4.69, 9.17) is 9.47 Å². The van der Waals surface area contributed by atoms with E-state index in [1.807, 2.05) is 19.1 Å². The lowest BCUT2D eigenvalue weighted by atomic mass is 10.1. The first-order valence-corrected chi connectivity index (χ1v) is 4.34. The third kappa shape index (κ3) is 1.39. The van der Waals surface area contributed by atoms with Crippen LogP contribution in [0.15, 0.2) is 12.1 Å². The topological polar surface area (TPSA) is 47.6 Å². The van der Waals surface area contributed by atoms with Gasteiger partial charge in [0.1, 0.15) is 0 Å². The fourth-order valence-electron chi connectivity index (χ4n) is 1.51. The Morgan fingerprint density at radius 2 is 2.29 bits per heavy atom. The summed E-state index contributed by atoms with van der Waals surface area (Å²) < 4.78 is 10.2. The summed E-state index contributed by atoms with van der Waals surface area (Å²) in [4.78, 5) is 11.0. The zero-order valence-electron chi connectivity index (χ0n) is 8.09. The molecule has 0 atom stereocenters. The van der Waals surface area contributed by atoms with Crippen molar-refractivity contribution < 1.29 is 14.3 Å². The van der Waals surface area contributed by atoms with E-state index in [1.54, 1.807) is 7.11 Å². The standard InChI is InChI=1S/C10H11NO3/c1-6-3-7-5-11-10(12)14-9(7)8(4-6)13-2/h3-4H,5H2,1-2H3,(H,11,12). The zero-order valence-corrected chi connectivity index (χ0v) is 8.09. The average molecular weight is 193 g/mol. The van der Waals surface area contributed by atoms with Gasteiger partial charge in [0.25, 0.3) is 0 Å². The van der Waals surface area contributed by atoms with Crippen LogP contribution in [-0.2, 0) is 6.54 Å². The summed E-state index contributed by atoms with van der Waals surface area (Å²) >= 11 is 0. The maximum Gasteiger partial charge on any atom is 0.413 e. The average Bonchev–Trinajstić information content (AvgIpc) is 2.17. The Hall–Kier alpha value is -1.71. The molecule has 0 spiro atoms. The van der Waals surface area contributed by atoms with Gasteiger partial charge in [0.15, 0.2) is 11.5 Å². The molecule has 1 aromatic carbocycles. The van der Waals surface area contributed by atoms with Crippen LogP contribution in [-0.4, -0.2) is 13.2 Å². The van der Waals surface area contributed by atoms with Gasteiger partial charge in [0.2, 0.25) is 0 Å². The highest BCUT2D eigenvalue weighted by Gasteiger charge is 2.20. The molecule has 74 valence electrons. The van der Waals surface area contributed by atoms with Gasteiger partial charge >= 0.3 is 6.09 Å². The Labute approximate surface area is 81.8 Å². The zero-order chi connectivity index (χ0) is 10.1. The van der Waals surface area contributed by atoms with Gasteiger partial charge in [-0.05, 0) is 18.6 Å². The summed E-state index contributed by atoms with van der Waals surface area (Å²) in [5.74, 6) is 1.14. The molecule has 4 nitrogen and oxygen atoms in total. The summed E-state index contributed by atoms with van der Waals surface area (Å²) in [6, 6.07) is 3.81. The van der Waals surface area contributed by atoms with Crippen LogP contribution in [0.4, 0.5) is 4.79 Å². The molecule has 0 saturated carbocycles. The quantitative estimate of drug-likeness (QED) is 0.737. The van der Waals surface area contributed by atoms with Crippen LogP contribution in [0.25, 0.3) is 0 Å². The Morgan fingerprint density at radius 3 is 3.00 bits per heavy atom. The minimum Gasteiger partial charge on any atom is -0.493 e. The molecule has 4 heteroatoms. The number of hydrogen-bond acceptors (Lipinski definition) is 3. The fourth-order valence-corrected chi connectivity index (χ4v) is 1.51. The van der Waals surface area contributed by atoms with E-state index in [9.17, 15) is 4.79 Å². The number of methoxy groups -OCH3 is 1. The van der Waals surface area contributed by atoms with Crippen LogP contribution in [0.1, 0.15) is 11.1 Å². The highest BCUT2D eigenvalue weighted by atomic mass is 16.6. The highest BCUT2D eigenvalue weighted by Crippen LogP contribution is 2.34. The fraction of sp³-hybridized carbons (Fsp3) is 0.300. The van der Waals surface area contributed by atoms with Crippen molar-refractivity contribution in [2.24, 2.45) is 0 Å². The summed E-state index contributed by atoms with van der Waals surface area (Å²) in [6.45, 7) is 2.46. The van der Waals surface area contributed by atoms with Gasteiger partial charge < -0.3 is 14.8 Å². The normalized spacial score (nSPS) is 14.0. The van der Waals surface area contributed by atoms with E-state index in [0.29, 0.717) is 18.0 Å². The van der Waals surface area contributed by atoms with Crippen LogP contribution >= 0.6 is 0 Å². The molecule has 0 unspecified atom stereocenters. The van der Waals surface area contributed by atoms with Crippen LogP contribution in [0, 0.1) is 6.92 Å². The van der Waals surface area contributed by atoms with Crippen molar-refractivity contribution in [3.05, 3.63) is 23.3 Å². The number of rotatable bonds is 1. The predicted molar refractivity (Wildman–Crippen MR) is 50.6 cm³/mol. The second-order valence-electron chi connectivity index (χ2n) is 3.20. The van der Waals surface area contributed by atoms with E-state index in [0.717, 1.165) is 11.1 Å². The minimum atomic E-state index is -0.431. The molecule has 2 rings (SSSR count). The maximum absolute atomic E-state index is 11.0. The van der Waals surface area contributed by atoms with Gasteiger partial charge in [-0.25, -0.2) is 4.79 Å². The second-order valence-corrected chi connectivity index (χ2v) is 3.20. The third-order valence-electron chi connectivity index (χ3n) is 2.11. The van der Waals surface area contributed by atoms with E-state index in [2.05, 4.69) is 5.32 Å². The molecule has 0 aliphatic carbocycles. The molecular weight excluding hydrogens is 182 g/mol. The first-order valence-electron chi connectivity index (χ1n) is 4.34. The van der Waals surface area contributed by atoms with E-state index < -0.39 is 6.09 Å². The van der Waals surface area contributed by atoms with Crippen molar-refractivity contribution >= 4 is 6.09 Å². The number of hydrogen-bond donors (Lipinski definition) is 1. The lowest BCUT2D eigenvalue weighted by Crippen LogP contribution is -2.31. The van der Waals surface area contributed by atoms with Crippen LogP contribution in [0.5, 0.6) is 11.5 Å².